The second-order valence-corrected chi connectivity index (χ2v) is 9.92. The molecule has 6 N–H and O–H groups in total. The number of nitrogens with zero attached hydrogens (tertiary/aromatic N) is 4. The van der Waals surface area contributed by atoms with E-state index in [0.717, 1.165) is 0 Å². The summed E-state index contributed by atoms with van der Waals surface area (Å²) >= 11 is 5.88. The van der Waals surface area contributed by atoms with E-state index in [1.165, 1.54) is 0 Å². The maximum Gasteiger partial charge on any atom is 0.306 e. The molecule has 0 aliphatic rings. The van der Waals surface area contributed by atoms with Gasteiger partial charge in [0.05, 0.1) is 23.1 Å². The fourth-order valence-electron chi connectivity index (χ4n) is 3.83. The van der Waals surface area contributed by atoms with Crippen LogP contribution < -0.4 is 22.1 Å². The van der Waals surface area contributed by atoms with E-state index in [2.05, 4.69) is 25.6 Å². The third-order valence-electron chi connectivity index (χ3n) is 5.45. The van der Waals surface area contributed by atoms with Crippen LogP contribution in [0.15, 0.2) is 18.2 Å². The lowest BCUT2D eigenvalue weighted by Gasteiger charge is -2.19. The van der Waals surface area contributed by atoms with Crippen molar-refractivity contribution in [2.75, 3.05) is 18.0 Å². The summed E-state index contributed by atoms with van der Waals surface area (Å²) in [5.41, 5.74) is 12.4. The smallest absolute Gasteiger partial charge is 0.306 e. The normalized spacial score (nSPS) is 11.4. The number of hydrogen-bond donors (Lipinski definition) is 4. The molecule has 0 fully saturated rings. The van der Waals surface area contributed by atoms with Gasteiger partial charge in [-0.25, -0.2) is 15.0 Å². The van der Waals surface area contributed by atoms with Gasteiger partial charge in [0.1, 0.15) is 11.4 Å². The minimum Gasteiger partial charge on any atom is -0.460 e. The number of para-hydroxylation sites is 1. The minimum atomic E-state index is -0.587. The highest BCUT2D eigenvalue weighted by Gasteiger charge is 2.20. The Morgan fingerprint density at radius 2 is 1.76 bits per heavy atom. The number of rotatable bonds is 10. The lowest BCUT2D eigenvalue weighted by atomic mass is 10.1. The highest BCUT2D eigenvalue weighted by atomic mass is 35.5. The van der Waals surface area contributed by atoms with Gasteiger partial charge in [0, 0.05) is 19.5 Å². The summed E-state index contributed by atoms with van der Waals surface area (Å²) in [6.45, 7) is 8.37. The SMILES string of the molecule is CCn1c(CNC(=O)c2nc(Cl)c(N)nc2N)nc2cccc(C(=O)NCCCCC(=O)OC(C)(C)C)c21. The van der Waals surface area contributed by atoms with Gasteiger partial charge in [0.2, 0.25) is 0 Å². The number of aryl methyl sites for hydroxylation is 1. The second kappa shape index (κ2) is 12.1. The molecule has 38 heavy (non-hydrogen) atoms. The average Bonchev–Trinajstić information content (AvgIpc) is 3.20. The zero-order valence-electron chi connectivity index (χ0n) is 21.9. The van der Waals surface area contributed by atoms with Crippen LogP contribution in [-0.4, -0.2) is 49.4 Å². The van der Waals surface area contributed by atoms with Crippen molar-refractivity contribution in [2.45, 2.75) is 65.6 Å². The maximum atomic E-state index is 13.0. The van der Waals surface area contributed by atoms with Gasteiger partial charge in [0.25, 0.3) is 11.8 Å². The summed E-state index contributed by atoms with van der Waals surface area (Å²) in [5, 5.41) is 5.50. The second-order valence-electron chi connectivity index (χ2n) is 9.56. The van der Waals surface area contributed by atoms with Gasteiger partial charge in [-0.3, -0.25) is 14.4 Å². The van der Waals surface area contributed by atoms with Crippen molar-refractivity contribution >= 4 is 52.1 Å². The molecular formula is C25H33ClN8O4. The molecule has 2 aromatic heterocycles. The number of carbonyl (C=O) groups is 3. The molecule has 2 amide bonds. The van der Waals surface area contributed by atoms with Crippen molar-refractivity contribution < 1.29 is 19.1 Å². The number of imidazole rings is 1. The van der Waals surface area contributed by atoms with Crippen molar-refractivity contribution in [1.29, 1.82) is 0 Å². The zero-order chi connectivity index (χ0) is 28.0. The summed E-state index contributed by atoms with van der Waals surface area (Å²) in [7, 11) is 0. The lowest BCUT2D eigenvalue weighted by Crippen LogP contribution is -2.27. The number of nitrogen functional groups attached to an aromatic ring is 2. The molecule has 0 atom stereocenters. The van der Waals surface area contributed by atoms with Crippen LogP contribution in [-0.2, 0) is 22.6 Å². The molecule has 0 aliphatic carbocycles. The molecule has 0 saturated carbocycles. The van der Waals surface area contributed by atoms with E-state index in [4.69, 9.17) is 27.8 Å². The standard InChI is InChI=1S/C25H33ClN8O4/c1-5-34-16(13-30-24(37)18-21(27)33-22(28)20(26)32-18)31-15-10-8-9-14(19(15)34)23(36)29-12-7-6-11-17(35)38-25(2,3)4/h8-10H,5-7,11-13H2,1-4H3,(H,29,36)(H,30,37)(H4,27,28,33). The predicted octanol–water partition coefficient (Wildman–Crippen LogP) is 2.84. The minimum absolute atomic E-state index is 0.0518. The Bertz CT molecular complexity index is 1350. The van der Waals surface area contributed by atoms with Gasteiger partial charge >= 0.3 is 5.97 Å². The van der Waals surface area contributed by atoms with Crippen LogP contribution in [0.2, 0.25) is 5.15 Å². The molecule has 0 unspecified atom stereocenters. The Kier molecular flexibility index (Phi) is 9.10. The number of amides is 2. The van der Waals surface area contributed by atoms with E-state index < -0.39 is 11.5 Å². The number of esters is 1. The number of ether oxygens (including phenoxy) is 1. The predicted molar refractivity (Wildman–Crippen MR) is 144 cm³/mol. The van der Waals surface area contributed by atoms with E-state index in [1.807, 2.05) is 32.3 Å². The van der Waals surface area contributed by atoms with Gasteiger partial charge in [-0.05, 0) is 52.7 Å². The first kappa shape index (κ1) is 28.6. The van der Waals surface area contributed by atoms with E-state index >= 15 is 0 Å². The molecule has 0 spiro atoms. The van der Waals surface area contributed by atoms with Crippen LogP contribution in [0.25, 0.3) is 11.0 Å². The number of carbonyl (C=O) groups excluding carboxylic acids is 3. The fraction of sp³-hybridized carbons (Fsp3) is 0.440. The van der Waals surface area contributed by atoms with Gasteiger partial charge in [-0.2, -0.15) is 0 Å². The van der Waals surface area contributed by atoms with Crippen LogP contribution in [0.5, 0.6) is 0 Å². The highest BCUT2D eigenvalue weighted by molar-refractivity contribution is 6.31. The number of hydrogen-bond acceptors (Lipinski definition) is 9. The van der Waals surface area contributed by atoms with Gasteiger partial charge in [-0.15, -0.1) is 0 Å². The molecule has 0 saturated heterocycles. The third kappa shape index (κ3) is 7.09. The lowest BCUT2D eigenvalue weighted by molar-refractivity contribution is -0.154. The van der Waals surface area contributed by atoms with Crippen LogP contribution >= 0.6 is 11.6 Å². The van der Waals surface area contributed by atoms with Crippen LogP contribution in [0.3, 0.4) is 0 Å². The topological polar surface area (TPSA) is 180 Å². The molecule has 3 aromatic rings. The summed E-state index contributed by atoms with van der Waals surface area (Å²) in [6.07, 6.45) is 1.52. The summed E-state index contributed by atoms with van der Waals surface area (Å²) in [6, 6.07) is 5.27. The third-order valence-corrected chi connectivity index (χ3v) is 5.72. The van der Waals surface area contributed by atoms with Crippen molar-refractivity contribution in [3.63, 3.8) is 0 Å². The molecule has 12 nitrogen and oxygen atoms in total. The van der Waals surface area contributed by atoms with Crippen LogP contribution in [0.4, 0.5) is 11.6 Å². The summed E-state index contributed by atoms with van der Waals surface area (Å²) in [4.78, 5) is 49.8. The molecule has 204 valence electrons. The van der Waals surface area contributed by atoms with E-state index in [9.17, 15) is 14.4 Å². The molecule has 3 rings (SSSR count). The van der Waals surface area contributed by atoms with Gasteiger partial charge < -0.3 is 31.4 Å². The number of unbranched alkanes of at least 4 members (excludes halogenated alkanes) is 1. The molecule has 0 aliphatic heterocycles. The number of nitrogens with one attached hydrogen (secondary N) is 2. The van der Waals surface area contributed by atoms with Gasteiger partial charge in [-0.1, -0.05) is 17.7 Å². The molecule has 1 aromatic carbocycles. The zero-order valence-corrected chi connectivity index (χ0v) is 22.7. The van der Waals surface area contributed by atoms with Crippen molar-refractivity contribution in [3.8, 4) is 0 Å². The first-order valence-corrected chi connectivity index (χ1v) is 12.6. The Balaban J connectivity index is 1.67. The monoisotopic (exact) mass is 544 g/mol. The molecule has 13 heteroatoms. The number of anilines is 2. The summed E-state index contributed by atoms with van der Waals surface area (Å²) < 4.78 is 7.16. The van der Waals surface area contributed by atoms with Crippen LogP contribution in [0.1, 0.15) is 73.6 Å². The van der Waals surface area contributed by atoms with E-state index in [1.54, 1.807) is 18.2 Å². The Morgan fingerprint density at radius 3 is 2.45 bits per heavy atom. The fourth-order valence-corrected chi connectivity index (χ4v) is 3.95. The van der Waals surface area contributed by atoms with E-state index in [-0.39, 0.29) is 40.9 Å². The van der Waals surface area contributed by atoms with E-state index in [0.29, 0.717) is 54.8 Å². The largest absolute Gasteiger partial charge is 0.460 e. The van der Waals surface area contributed by atoms with Crippen molar-refractivity contribution in [2.24, 2.45) is 0 Å². The highest BCUT2D eigenvalue weighted by Crippen LogP contribution is 2.22. The molecule has 0 radical (unpaired) electrons. The quantitative estimate of drug-likeness (QED) is 0.220. The number of aromatic nitrogens is 4. The average molecular weight is 545 g/mol. The van der Waals surface area contributed by atoms with Gasteiger partial charge in [0.15, 0.2) is 22.5 Å². The van der Waals surface area contributed by atoms with Crippen molar-refractivity contribution in [3.05, 3.63) is 40.4 Å². The Morgan fingerprint density at radius 1 is 1.03 bits per heavy atom. The maximum absolute atomic E-state index is 13.0. The molecule has 0 bridgehead atoms. The Hall–Kier alpha value is -3.93. The first-order valence-electron chi connectivity index (χ1n) is 12.3. The van der Waals surface area contributed by atoms with Crippen molar-refractivity contribution in [1.82, 2.24) is 30.2 Å². The number of benzene rings is 1. The number of nitrogens with two attached hydrogens (primary N) is 2. The molecule has 2 heterocycles. The Labute approximate surface area is 225 Å². The number of fused-ring (bicyclic) bond motifs is 1. The first-order chi connectivity index (χ1) is 17.9. The molecular weight excluding hydrogens is 512 g/mol. The number of halogens is 1. The van der Waals surface area contributed by atoms with Crippen LogP contribution in [0, 0.1) is 0 Å². The summed E-state index contributed by atoms with van der Waals surface area (Å²) in [5.74, 6) is -0.759.